The molecule has 3 aromatic carbocycles. The lowest BCUT2D eigenvalue weighted by Crippen LogP contribution is -2.48. The zero-order valence-corrected chi connectivity index (χ0v) is 19.3. The number of hydrogen-bond donors (Lipinski definition) is 0. The van der Waals surface area contributed by atoms with Gasteiger partial charge in [0.2, 0.25) is 0 Å². The second-order valence-electron chi connectivity index (χ2n) is 7.54. The Bertz CT molecular complexity index is 1080. The minimum atomic E-state index is -0.0155. The normalized spacial score (nSPS) is 13.7. The largest absolute Gasteiger partial charge is 0.493 e. The third kappa shape index (κ3) is 5.29. The number of carbonyl (C=O) groups is 1. The fourth-order valence-corrected chi connectivity index (χ4v) is 4.00. The van der Waals surface area contributed by atoms with Crippen LogP contribution in [0.1, 0.15) is 15.9 Å². The summed E-state index contributed by atoms with van der Waals surface area (Å²) < 4.78 is 11.4. The number of amides is 1. The molecule has 0 unspecified atom stereocenters. The molecule has 0 atom stereocenters. The lowest BCUT2D eigenvalue weighted by Gasteiger charge is -2.36. The molecule has 0 bridgehead atoms. The maximum Gasteiger partial charge on any atom is 0.254 e. The van der Waals surface area contributed by atoms with Crippen molar-refractivity contribution in [3.05, 3.63) is 87.9 Å². The van der Waals surface area contributed by atoms with Crippen LogP contribution in [0, 0.1) is 0 Å². The summed E-state index contributed by atoms with van der Waals surface area (Å²) in [4.78, 5) is 17.2. The highest BCUT2D eigenvalue weighted by Crippen LogP contribution is 2.30. The van der Waals surface area contributed by atoms with E-state index in [0.29, 0.717) is 46.8 Å². The quantitative estimate of drug-likeness (QED) is 0.473. The van der Waals surface area contributed by atoms with Crippen LogP contribution < -0.4 is 14.4 Å². The number of anilines is 1. The lowest BCUT2D eigenvalue weighted by atomic mass is 10.1. The highest BCUT2D eigenvalue weighted by Gasteiger charge is 2.23. The van der Waals surface area contributed by atoms with Gasteiger partial charge in [-0.3, -0.25) is 4.79 Å². The Morgan fingerprint density at radius 1 is 0.875 bits per heavy atom. The average molecular weight is 471 g/mol. The van der Waals surface area contributed by atoms with Gasteiger partial charge in [-0.05, 0) is 54.1 Å². The van der Waals surface area contributed by atoms with Crippen molar-refractivity contribution in [3.63, 3.8) is 0 Å². The van der Waals surface area contributed by atoms with E-state index < -0.39 is 0 Å². The Balaban J connectivity index is 1.39. The predicted octanol–water partition coefficient (Wildman–Crippen LogP) is 5.54. The van der Waals surface area contributed by atoms with Crippen molar-refractivity contribution in [1.29, 1.82) is 0 Å². The van der Waals surface area contributed by atoms with Gasteiger partial charge in [-0.15, -0.1) is 0 Å². The Morgan fingerprint density at radius 3 is 2.31 bits per heavy atom. The van der Waals surface area contributed by atoms with E-state index in [0.717, 1.165) is 24.3 Å². The minimum absolute atomic E-state index is 0.0155. The zero-order valence-electron chi connectivity index (χ0n) is 17.8. The van der Waals surface area contributed by atoms with Gasteiger partial charge in [-0.2, -0.15) is 0 Å². The van der Waals surface area contributed by atoms with E-state index in [1.807, 2.05) is 53.4 Å². The topological polar surface area (TPSA) is 42.0 Å². The monoisotopic (exact) mass is 470 g/mol. The number of benzene rings is 3. The van der Waals surface area contributed by atoms with Crippen LogP contribution in [-0.4, -0.2) is 44.1 Å². The van der Waals surface area contributed by atoms with Gasteiger partial charge in [0.15, 0.2) is 11.5 Å². The number of nitrogens with zero attached hydrogens (tertiary/aromatic N) is 2. The molecule has 166 valence electrons. The summed E-state index contributed by atoms with van der Waals surface area (Å²) in [5.41, 5.74) is 2.65. The van der Waals surface area contributed by atoms with Gasteiger partial charge in [0.1, 0.15) is 6.61 Å². The fraction of sp³-hybridized carbons (Fsp3) is 0.240. The fourth-order valence-electron chi connectivity index (χ4n) is 3.68. The van der Waals surface area contributed by atoms with Crippen molar-refractivity contribution in [2.45, 2.75) is 6.61 Å². The Kier molecular flexibility index (Phi) is 7.08. The van der Waals surface area contributed by atoms with E-state index in [9.17, 15) is 4.79 Å². The molecule has 1 amide bonds. The molecule has 0 aliphatic carbocycles. The Labute approximate surface area is 198 Å². The molecule has 32 heavy (non-hydrogen) atoms. The first-order chi connectivity index (χ1) is 15.5. The summed E-state index contributed by atoms with van der Waals surface area (Å²) in [5.74, 6) is 1.10. The van der Waals surface area contributed by atoms with E-state index in [4.69, 9.17) is 32.7 Å². The molecule has 1 heterocycles. The first-order valence-corrected chi connectivity index (χ1v) is 11.1. The van der Waals surface area contributed by atoms with Gasteiger partial charge in [0.05, 0.1) is 7.11 Å². The van der Waals surface area contributed by atoms with Gasteiger partial charge in [0, 0.05) is 47.5 Å². The predicted molar refractivity (Wildman–Crippen MR) is 128 cm³/mol. The Morgan fingerprint density at radius 2 is 1.62 bits per heavy atom. The van der Waals surface area contributed by atoms with Crippen LogP contribution in [-0.2, 0) is 6.61 Å². The summed E-state index contributed by atoms with van der Waals surface area (Å²) in [6, 6.07) is 20.6. The van der Waals surface area contributed by atoms with Crippen LogP contribution >= 0.6 is 23.2 Å². The number of piperazine rings is 1. The number of rotatable bonds is 6. The number of hydrogen-bond acceptors (Lipinski definition) is 4. The van der Waals surface area contributed by atoms with Gasteiger partial charge < -0.3 is 19.3 Å². The second-order valence-corrected chi connectivity index (χ2v) is 8.41. The lowest BCUT2D eigenvalue weighted by molar-refractivity contribution is 0.0746. The third-order valence-electron chi connectivity index (χ3n) is 5.46. The van der Waals surface area contributed by atoms with Crippen LogP contribution in [0.15, 0.2) is 66.7 Å². The maximum atomic E-state index is 13.1. The number of halogens is 2. The molecule has 0 saturated carbocycles. The van der Waals surface area contributed by atoms with E-state index in [-0.39, 0.29) is 5.91 Å². The van der Waals surface area contributed by atoms with E-state index >= 15 is 0 Å². The minimum Gasteiger partial charge on any atom is -0.493 e. The molecule has 0 radical (unpaired) electrons. The summed E-state index contributed by atoms with van der Waals surface area (Å²) in [5, 5.41) is 1.40. The van der Waals surface area contributed by atoms with Crippen molar-refractivity contribution >= 4 is 34.8 Å². The number of ether oxygens (including phenoxy) is 2. The van der Waals surface area contributed by atoms with Crippen LogP contribution in [0.2, 0.25) is 10.0 Å². The number of carbonyl (C=O) groups excluding carboxylic acids is 1. The molecule has 1 aliphatic heterocycles. The first kappa shape index (κ1) is 22.3. The summed E-state index contributed by atoms with van der Waals surface area (Å²) in [6.07, 6.45) is 0. The molecule has 1 aliphatic rings. The summed E-state index contributed by atoms with van der Waals surface area (Å²) in [7, 11) is 1.57. The van der Waals surface area contributed by atoms with Gasteiger partial charge in [-0.1, -0.05) is 41.4 Å². The summed E-state index contributed by atoms with van der Waals surface area (Å²) in [6.45, 7) is 3.17. The smallest absolute Gasteiger partial charge is 0.254 e. The van der Waals surface area contributed by atoms with Crippen LogP contribution in [0.3, 0.4) is 0 Å². The van der Waals surface area contributed by atoms with Gasteiger partial charge in [0.25, 0.3) is 5.91 Å². The van der Waals surface area contributed by atoms with E-state index in [1.54, 1.807) is 25.3 Å². The molecule has 0 N–H and O–H groups in total. The van der Waals surface area contributed by atoms with Crippen molar-refractivity contribution in [3.8, 4) is 11.5 Å². The molecule has 3 aromatic rings. The zero-order chi connectivity index (χ0) is 22.5. The van der Waals surface area contributed by atoms with E-state index in [1.165, 1.54) is 0 Å². The van der Waals surface area contributed by atoms with Crippen molar-refractivity contribution in [1.82, 2.24) is 4.90 Å². The molecular weight excluding hydrogens is 447 g/mol. The van der Waals surface area contributed by atoms with Crippen LogP contribution in [0.25, 0.3) is 0 Å². The second kappa shape index (κ2) is 10.2. The average Bonchev–Trinajstić information content (AvgIpc) is 2.83. The van der Waals surface area contributed by atoms with Crippen molar-refractivity contribution in [2.75, 3.05) is 38.2 Å². The highest BCUT2D eigenvalue weighted by molar-refractivity contribution is 6.31. The summed E-state index contributed by atoms with van der Waals surface area (Å²) >= 11 is 12.0. The third-order valence-corrected chi connectivity index (χ3v) is 5.95. The molecule has 7 heteroatoms. The number of methoxy groups -OCH3 is 1. The molecule has 1 fully saturated rings. The molecule has 1 saturated heterocycles. The molecule has 0 aromatic heterocycles. The SMILES string of the molecule is COc1cc(C(=O)N2CCN(c3cccc(Cl)c3)CC2)ccc1OCc1ccc(Cl)cc1. The van der Waals surface area contributed by atoms with Gasteiger partial charge >= 0.3 is 0 Å². The molecule has 0 spiro atoms. The van der Waals surface area contributed by atoms with Crippen LogP contribution in [0.4, 0.5) is 5.69 Å². The van der Waals surface area contributed by atoms with Crippen LogP contribution in [0.5, 0.6) is 11.5 Å². The standard InChI is InChI=1S/C25H24Cl2N2O3/c1-31-24-15-19(7-10-23(24)32-17-18-5-8-20(26)9-6-18)25(30)29-13-11-28(12-14-29)22-4-2-3-21(27)16-22/h2-10,15-16H,11-14,17H2,1H3. The Hall–Kier alpha value is -2.89. The van der Waals surface area contributed by atoms with Gasteiger partial charge in [-0.25, -0.2) is 0 Å². The molecule has 4 rings (SSSR count). The van der Waals surface area contributed by atoms with Crippen molar-refractivity contribution in [2.24, 2.45) is 0 Å². The maximum absolute atomic E-state index is 13.1. The molecular formula is C25H24Cl2N2O3. The highest BCUT2D eigenvalue weighted by atomic mass is 35.5. The van der Waals surface area contributed by atoms with Crippen molar-refractivity contribution < 1.29 is 14.3 Å². The van der Waals surface area contributed by atoms with E-state index in [2.05, 4.69) is 4.90 Å². The molecule has 5 nitrogen and oxygen atoms in total. The first-order valence-electron chi connectivity index (χ1n) is 10.4.